The Morgan fingerprint density at radius 3 is 2.39 bits per heavy atom. The molecule has 0 bridgehead atoms. The zero-order valence-corrected chi connectivity index (χ0v) is 13.3. The summed E-state index contributed by atoms with van der Waals surface area (Å²) in [6, 6.07) is 6.89. The predicted octanol–water partition coefficient (Wildman–Crippen LogP) is 2.00. The number of hydrazine groups is 1. The van der Waals surface area contributed by atoms with Crippen molar-refractivity contribution in [3.05, 3.63) is 29.8 Å². The highest BCUT2D eigenvalue weighted by atomic mass is 16.5. The van der Waals surface area contributed by atoms with Crippen LogP contribution in [0.3, 0.4) is 0 Å². The smallest absolute Gasteiger partial charge is 0.241 e. The molecule has 0 spiro atoms. The number of rotatable bonds is 8. The highest BCUT2D eigenvalue weighted by Crippen LogP contribution is 2.28. The number of benzene rings is 1. The summed E-state index contributed by atoms with van der Waals surface area (Å²) in [5, 5.41) is 0. The van der Waals surface area contributed by atoms with E-state index in [-0.39, 0.29) is 36.4 Å². The molecular formula is C17H22N2O4. The lowest BCUT2D eigenvalue weighted by atomic mass is 10.1. The summed E-state index contributed by atoms with van der Waals surface area (Å²) in [5.74, 6) is 0.118. The molecule has 1 saturated carbocycles. The van der Waals surface area contributed by atoms with Gasteiger partial charge in [0.15, 0.2) is 5.78 Å². The maximum Gasteiger partial charge on any atom is 0.241 e. The van der Waals surface area contributed by atoms with E-state index < -0.39 is 0 Å². The van der Waals surface area contributed by atoms with Crippen LogP contribution in [0.25, 0.3) is 0 Å². The summed E-state index contributed by atoms with van der Waals surface area (Å²) in [6.07, 6.45) is 2.81. The fourth-order valence-corrected chi connectivity index (χ4v) is 1.97. The molecule has 2 N–H and O–H groups in total. The third-order valence-electron chi connectivity index (χ3n) is 3.50. The van der Waals surface area contributed by atoms with Gasteiger partial charge in [-0.15, -0.1) is 0 Å². The molecule has 6 nitrogen and oxygen atoms in total. The third kappa shape index (κ3) is 5.73. The largest absolute Gasteiger partial charge is 0.494 e. The van der Waals surface area contributed by atoms with Crippen molar-refractivity contribution in [3.8, 4) is 5.75 Å². The summed E-state index contributed by atoms with van der Waals surface area (Å²) in [6.45, 7) is 2.66. The molecule has 2 amide bonds. The van der Waals surface area contributed by atoms with Gasteiger partial charge in [-0.05, 0) is 43.5 Å². The second-order valence-electron chi connectivity index (χ2n) is 5.61. The normalized spacial score (nSPS) is 13.3. The molecule has 2 rings (SSSR count). The van der Waals surface area contributed by atoms with Crippen LogP contribution in [-0.4, -0.2) is 24.2 Å². The van der Waals surface area contributed by atoms with Gasteiger partial charge >= 0.3 is 0 Å². The molecule has 1 aliphatic rings. The molecule has 0 aromatic heterocycles. The molecule has 1 fully saturated rings. The van der Waals surface area contributed by atoms with Crippen molar-refractivity contribution in [3.63, 3.8) is 0 Å². The van der Waals surface area contributed by atoms with Gasteiger partial charge in [-0.3, -0.25) is 25.2 Å². The molecule has 1 aromatic rings. The number of ketones is 1. The van der Waals surface area contributed by atoms with Gasteiger partial charge < -0.3 is 4.74 Å². The van der Waals surface area contributed by atoms with Crippen LogP contribution in [-0.2, 0) is 9.59 Å². The van der Waals surface area contributed by atoms with Crippen LogP contribution in [0.5, 0.6) is 5.75 Å². The Labute approximate surface area is 135 Å². The Morgan fingerprint density at radius 2 is 1.78 bits per heavy atom. The predicted molar refractivity (Wildman–Crippen MR) is 84.8 cm³/mol. The number of hydrogen-bond acceptors (Lipinski definition) is 4. The molecule has 23 heavy (non-hydrogen) atoms. The van der Waals surface area contributed by atoms with Crippen LogP contribution in [0, 0.1) is 5.92 Å². The lowest BCUT2D eigenvalue weighted by Crippen LogP contribution is -2.42. The number of ether oxygens (including phenoxy) is 1. The zero-order chi connectivity index (χ0) is 16.7. The van der Waals surface area contributed by atoms with Crippen LogP contribution in [0.1, 0.15) is 49.4 Å². The van der Waals surface area contributed by atoms with E-state index in [9.17, 15) is 14.4 Å². The van der Waals surface area contributed by atoms with E-state index in [0.717, 1.165) is 25.0 Å². The minimum absolute atomic E-state index is 0.0328. The average molecular weight is 318 g/mol. The number of amides is 2. The van der Waals surface area contributed by atoms with E-state index in [1.54, 1.807) is 24.3 Å². The van der Waals surface area contributed by atoms with Crippen molar-refractivity contribution in [2.75, 3.05) is 6.61 Å². The fraction of sp³-hybridized carbons (Fsp3) is 0.471. The van der Waals surface area contributed by atoms with E-state index in [0.29, 0.717) is 12.2 Å². The quantitative estimate of drug-likeness (QED) is 0.567. The molecule has 1 aliphatic carbocycles. The first kappa shape index (κ1) is 17.0. The first-order valence-electron chi connectivity index (χ1n) is 7.95. The first-order valence-corrected chi connectivity index (χ1v) is 7.95. The monoisotopic (exact) mass is 318 g/mol. The van der Waals surface area contributed by atoms with E-state index in [2.05, 4.69) is 10.9 Å². The lowest BCUT2D eigenvalue weighted by molar-refractivity contribution is -0.129. The minimum Gasteiger partial charge on any atom is -0.494 e. The van der Waals surface area contributed by atoms with Gasteiger partial charge in [-0.25, -0.2) is 0 Å². The van der Waals surface area contributed by atoms with Gasteiger partial charge in [0.05, 0.1) is 6.61 Å². The van der Waals surface area contributed by atoms with E-state index >= 15 is 0 Å². The van der Waals surface area contributed by atoms with Crippen molar-refractivity contribution in [1.29, 1.82) is 0 Å². The van der Waals surface area contributed by atoms with Crippen molar-refractivity contribution in [1.82, 2.24) is 10.9 Å². The number of Topliss-reactive ketones (excluding diaryl/α,β-unsaturated/α-hetero) is 1. The van der Waals surface area contributed by atoms with Crippen LogP contribution in [0.4, 0.5) is 0 Å². The Kier molecular flexibility index (Phi) is 6.14. The van der Waals surface area contributed by atoms with Gasteiger partial charge in [0.25, 0.3) is 0 Å². The van der Waals surface area contributed by atoms with Crippen LogP contribution >= 0.6 is 0 Å². The molecule has 0 heterocycles. The highest BCUT2D eigenvalue weighted by Gasteiger charge is 2.29. The highest BCUT2D eigenvalue weighted by molar-refractivity contribution is 5.98. The number of carbonyl (C=O) groups excluding carboxylic acids is 3. The summed E-state index contributed by atoms with van der Waals surface area (Å²) in [7, 11) is 0. The minimum atomic E-state index is -0.366. The van der Waals surface area contributed by atoms with Gasteiger partial charge in [0, 0.05) is 24.3 Å². The summed E-state index contributed by atoms with van der Waals surface area (Å²) in [5.41, 5.74) is 5.25. The van der Waals surface area contributed by atoms with E-state index in [1.165, 1.54) is 0 Å². The molecule has 0 aliphatic heterocycles. The van der Waals surface area contributed by atoms with Gasteiger partial charge in [0.2, 0.25) is 11.8 Å². The van der Waals surface area contributed by atoms with Gasteiger partial charge in [-0.1, -0.05) is 6.92 Å². The number of nitrogens with one attached hydrogen (secondary N) is 2. The molecule has 0 radical (unpaired) electrons. The molecule has 0 unspecified atom stereocenters. The van der Waals surface area contributed by atoms with Crippen LogP contribution in [0.15, 0.2) is 24.3 Å². The maximum atomic E-state index is 12.0. The van der Waals surface area contributed by atoms with Crippen LogP contribution < -0.4 is 15.6 Å². The molecule has 1 aromatic carbocycles. The number of hydrogen-bond donors (Lipinski definition) is 2. The van der Waals surface area contributed by atoms with Crippen molar-refractivity contribution in [2.45, 2.75) is 39.0 Å². The van der Waals surface area contributed by atoms with Crippen LogP contribution in [0.2, 0.25) is 0 Å². The third-order valence-corrected chi connectivity index (χ3v) is 3.50. The Bertz CT molecular complexity index is 564. The van der Waals surface area contributed by atoms with E-state index in [4.69, 9.17) is 4.74 Å². The Balaban J connectivity index is 1.70. The molecular weight excluding hydrogens is 296 g/mol. The Morgan fingerprint density at radius 1 is 1.09 bits per heavy atom. The number of carbonyl (C=O) groups is 3. The standard InChI is InChI=1S/C17H22N2O4/c1-2-11-23-14-7-5-12(6-8-14)15(20)9-10-16(21)18-19-17(22)13-3-4-13/h5-8,13H,2-4,9-11H2,1H3,(H,18,21)(H,19,22). The van der Waals surface area contributed by atoms with E-state index in [1.807, 2.05) is 6.92 Å². The van der Waals surface area contributed by atoms with Crippen molar-refractivity contribution in [2.24, 2.45) is 5.92 Å². The SMILES string of the molecule is CCCOc1ccc(C(=O)CCC(=O)NNC(=O)C2CC2)cc1. The lowest BCUT2D eigenvalue weighted by Gasteiger charge is -2.07. The molecule has 124 valence electrons. The molecule has 0 saturated heterocycles. The summed E-state index contributed by atoms with van der Waals surface area (Å²) in [4.78, 5) is 35.0. The van der Waals surface area contributed by atoms with Gasteiger partial charge in [0.1, 0.15) is 5.75 Å². The first-order chi connectivity index (χ1) is 11.1. The molecule has 6 heteroatoms. The summed E-state index contributed by atoms with van der Waals surface area (Å²) < 4.78 is 5.45. The second kappa shape index (κ2) is 8.31. The van der Waals surface area contributed by atoms with Gasteiger partial charge in [-0.2, -0.15) is 0 Å². The zero-order valence-electron chi connectivity index (χ0n) is 13.3. The average Bonchev–Trinajstić information content (AvgIpc) is 3.41. The topological polar surface area (TPSA) is 84.5 Å². The van der Waals surface area contributed by atoms with Crippen molar-refractivity contribution < 1.29 is 19.1 Å². The molecule has 0 atom stereocenters. The summed E-state index contributed by atoms with van der Waals surface area (Å²) >= 11 is 0. The fourth-order valence-electron chi connectivity index (χ4n) is 1.97. The Hall–Kier alpha value is -2.37. The second-order valence-corrected chi connectivity index (χ2v) is 5.61. The maximum absolute atomic E-state index is 12.0. The van der Waals surface area contributed by atoms with Crippen molar-refractivity contribution >= 4 is 17.6 Å².